The van der Waals surface area contributed by atoms with Crippen molar-refractivity contribution >= 4 is 37.5 Å². The van der Waals surface area contributed by atoms with E-state index in [0.717, 1.165) is 16.8 Å². The maximum atomic E-state index is 12.7. The lowest BCUT2D eigenvalue weighted by atomic mass is 10.1. The number of amides is 1. The minimum atomic E-state index is -3.77. The number of nitrogens with zero attached hydrogens (tertiary/aromatic N) is 1. The summed E-state index contributed by atoms with van der Waals surface area (Å²) in [6, 6.07) is 11.6. The number of hydrogen-bond donors (Lipinski definition) is 1. The van der Waals surface area contributed by atoms with Crippen LogP contribution in [0.25, 0.3) is 0 Å². The lowest BCUT2D eigenvalue weighted by Crippen LogP contribution is -2.41. The van der Waals surface area contributed by atoms with E-state index in [-0.39, 0.29) is 10.8 Å². The summed E-state index contributed by atoms with van der Waals surface area (Å²) in [6.45, 7) is 4.50. The van der Waals surface area contributed by atoms with Crippen molar-refractivity contribution in [1.29, 1.82) is 0 Å². The fraction of sp³-hybridized carbons (Fsp3) is 0.278. The molecule has 1 aliphatic heterocycles. The van der Waals surface area contributed by atoms with Crippen LogP contribution in [0.5, 0.6) is 0 Å². The Labute approximate surface area is 156 Å². The highest BCUT2D eigenvalue weighted by Crippen LogP contribution is 2.26. The van der Waals surface area contributed by atoms with Crippen LogP contribution in [-0.4, -0.2) is 26.9 Å². The number of rotatable bonds is 4. The van der Waals surface area contributed by atoms with Gasteiger partial charge in [-0.2, -0.15) is 4.72 Å². The van der Waals surface area contributed by atoms with Crippen LogP contribution >= 0.6 is 15.9 Å². The highest BCUT2D eigenvalue weighted by molar-refractivity contribution is 9.10. The molecule has 0 unspecified atom stereocenters. The van der Waals surface area contributed by atoms with Crippen molar-refractivity contribution in [2.45, 2.75) is 31.2 Å². The number of aryl methyl sites for hydroxylation is 2. The molecule has 2 aromatic carbocycles. The van der Waals surface area contributed by atoms with Crippen LogP contribution in [-0.2, 0) is 14.8 Å². The maximum absolute atomic E-state index is 12.7. The second-order valence-corrected chi connectivity index (χ2v) is 8.69. The first-order chi connectivity index (χ1) is 11.8. The van der Waals surface area contributed by atoms with Gasteiger partial charge in [0.2, 0.25) is 15.9 Å². The number of hydrogen-bond acceptors (Lipinski definition) is 3. The third kappa shape index (κ3) is 3.63. The van der Waals surface area contributed by atoms with Crippen LogP contribution in [0, 0.1) is 13.8 Å². The zero-order valence-corrected chi connectivity index (χ0v) is 16.4. The summed E-state index contributed by atoms with van der Waals surface area (Å²) >= 11 is 3.25. The first kappa shape index (κ1) is 18.1. The van der Waals surface area contributed by atoms with E-state index in [9.17, 15) is 13.2 Å². The highest BCUT2D eigenvalue weighted by atomic mass is 79.9. The third-order valence-electron chi connectivity index (χ3n) is 4.43. The Bertz CT molecular complexity index is 928. The minimum Gasteiger partial charge on any atom is -0.311 e. The standard InChI is InChI=1S/C18H19BrN2O3S/c1-12-7-8-14(11-13(12)2)21-10-9-16(18(21)22)20-25(23,24)17-6-4-3-5-15(17)19/h3-8,11,16,20H,9-10H2,1-2H3/t16-/m0/s1. The molecule has 1 heterocycles. The van der Waals surface area contributed by atoms with Gasteiger partial charge in [-0.15, -0.1) is 0 Å². The Hall–Kier alpha value is -1.70. The Balaban J connectivity index is 1.80. The molecule has 1 amide bonds. The van der Waals surface area contributed by atoms with Crippen molar-refractivity contribution in [3.8, 4) is 0 Å². The summed E-state index contributed by atoms with van der Waals surface area (Å²) in [5.41, 5.74) is 3.06. The van der Waals surface area contributed by atoms with Gasteiger partial charge in [0, 0.05) is 16.7 Å². The largest absolute Gasteiger partial charge is 0.311 e. The van der Waals surface area contributed by atoms with E-state index >= 15 is 0 Å². The van der Waals surface area contributed by atoms with Gasteiger partial charge in [-0.25, -0.2) is 8.42 Å². The average Bonchev–Trinajstić information content (AvgIpc) is 2.91. The molecule has 7 heteroatoms. The molecule has 1 saturated heterocycles. The molecule has 0 saturated carbocycles. The van der Waals surface area contributed by atoms with Crippen LogP contribution in [0.2, 0.25) is 0 Å². The minimum absolute atomic E-state index is 0.132. The van der Waals surface area contributed by atoms with Gasteiger partial charge in [-0.3, -0.25) is 4.79 Å². The normalized spacial score (nSPS) is 18.0. The molecule has 132 valence electrons. The second-order valence-electron chi connectivity index (χ2n) is 6.15. The summed E-state index contributed by atoms with van der Waals surface area (Å²) < 4.78 is 28.2. The van der Waals surface area contributed by atoms with Crippen LogP contribution in [0.1, 0.15) is 17.5 Å². The summed E-state index contributed by atoms with van der Waals surface area (Å²) in [4.78, 5) is 14.5. The van der Waals surface area contributed by atoms with E-state index in [4.69, 9.17) is 0 Å². The first-order valence-corrected chi connectivity index (χ1v) is 10.2. The molecule has 5 nitrogen and oxygen atoms in total. The lowest BCUT2D eigenvalue weighted by molar-refractivity contribution is -0.118. The highest BCUT2D eigenvalue weighted by Gasteiger charge is 2.36. The summed E-state index contributed by atoms with van der Waals surface area (Å²) in [6.07, 6.45) is 0.440. The van der Waals surface area contributed by atoms with E-state index < -0.39 is 16.1 Å². The van der Waals surface area contributed by atoms with Crippen molar-refractivity contribution in [1.82, 2.24) is 4.72 Å². The van der Waals surface area contributed by atoms with Crippen molar-refractivity contribution in [3.63, 3.8) is 0 Å². The Morgan fingerprint density at radius 2 is 1.84 bits per heavy atom. The summed E-state index contributed by atoms with van der Waals surface area (Å²) in [5, 5.41) is 0. The average molecular weight is 423 g/mol. The van der Waals surface area contributed by atoms with E-state index in [2.05, 4.69) is 20.7 Å². The van der Waals surface area contributed by atoms with Crippen LogP contribution in [0.3, 0.4) is 0 Å². The molecule has 0 aliphatic carbocycles. The second kappa shape index (κ2) is 6.90. The van der Waals surface area contributed by atoms with Gasteiger partial charge in [0.15, 0.2) is 0 Å². The van der Waals surface area contributed by atoms with Crippen molar-refractivity contribution in [3.05, 3.63) is 58.1 Å². The van der Waals surface area contributed by atoms with E-state index in [0.29, 0.717) is 17.4 Å². The molecule has 3 rings (SSSR count). The van der Waals surface area contributed by atoms with Gasteiger partial charge in [-0.05, 0) is 71.6 Å². The molecule has 0 bridgehead atoms. The molecule has 1 atom stereocenters. The first-order valence-electron chi connectivity index (χ1n) is 7.95. The molecule has 0 spiro atoms. The molecule has 25 heavy (non-hydrogen) atoms. The van der Waals surface area contributed by atoms with Gasteiger partial charge in [0.25, 0.3) is 0 Å². The van der Waals surface area contributed by atoms with Crippen molar-refractivity contribution in [2.24, 2.45) is 0 Å². The topological polar surface area (TPSA) is 66.5 Å². The molecule has 1 N–H and O–H groups in total. The number of carbonyl (C=O) groups excluding carboxylic acids is 1. The zero-order chi connectivity index (χ0) is 18.2. The molecule has 0 aromatic heterocycles. The molecule has 1 aliphatic rings. The van der Waals surface area contributed by atoms with Gasteiger partial charge in [0.05, 0.1) is 4.90 Å². The third-order valence-corrected chi connectivity index (χ3v) is 6.92. The van der Waals surface area contributed by atoms with Crippen LogP contribution in [0.4, 0.5) is 5.69 Å². The van der Waals surface area contributed by atoms with E-state index in [1.165, 1.54) is 6.07 Å². The van der Waals surface area contributed by atoms with E-state index in [1.807, 2.05) is 32.0 Å². The summed E-state index contributed by atoms with van der Waals surface area (Å²) in [5.74, 6) is -0.223. The van der Waals surface area contributed by atoms with E-state index in [1.54, 1.807) is 23.1 Å². The molecular formula is C18H19BrN2O3S. The SMILES string of the molecule is Cc1ccc(N2CC[C@H](NS(=O)(=O)c3ccccc3Br)C2=O)cc1C. The fourth-order valence-electron chi connectivity index (χ4n) is 2.85. The number of carbonyl (C=O) groups is 1. The Morgan fingerprint density at radius 3 is 2.52 bits per heavy atom. The van der Waals surface area contributed by atoms with Gasteiger partial charge in [-0.1, -0.05) is 18.2 Å². The quantitative estimate of drug-likeness (QED) is 0.822. The van der Waals surface area contributed by atoms with Crippen molar-refractivity contribution < 1.29 is 13.2 Å². The number of halogens is 1. The van der Waals surface area contributed by atoms with Crippen LogP contribution < -0.4 is 9.62 Å². The predicted octanol–water partition coefficient (Wildman–Crippen LogP) is 3.15. The maximum Gasteiger partial charge on any atom is 0.245 e. The van der Waals surface area contributed by atoms with Crippen LogP contribution in [0.15, 0.2) is 51.8 Å². The monoisotopic (exact) mass is 422 g/mol. The molecule has 0 radical (unpaired) electrons. The fourth-order valence-corrected chi connectivity index (χ4v) is 5.08. The van der Waals surface area contributed by atoms with Gasteiger partial charge >= 0.3 is 0 Å². The number of anilines is 1. The number of sulfonamides is 1. The predicted molar refractivity (Wildman–Crippen MR) is 101 cm³/mol. The Kier molecular flexibility index (Phi) is 4.99. The molecule has 2 aromatic rings. The van der Waals surface area contributed by atoms with Crippen molar-refractivity contribution in [2.75, 3.05) is 11.4 Å². The summed E-state index contributed by atoms with van der Waals surface area (Å²) in [7, 11) is -3.77. The lowest BCUT2D eigenvalue weighted by Gasteiger charge is -2.18. The Morgan fingerprint density at radius 1 is 1.12 bits per heavy atom. The van der Waals surface area contributed by atoms with Gasteiger partial charge in [0.1, 0.15) is 6.04 Å². The smallest absolute Gasteiger partial charge is 0.245 e. The number of benzene rings is 2. The molecular weight excluding hydrogens is 404 g/mol. The number of nitrogens with one attached hydrogen (secondary N) is 1. The molecule has 1 fully saturated rings. The zero-order valence-electron chi connectivity index (χ0n) is 14.0. The van der Waals surface area contributed by atoms with Gasteiger partial charge < -0.3 is 4.90 Å².